The number of halogens is 2. The normalized spacial score (nSPS) is 14.9. The van der Waals surface area contributed by atoms with Crippen molar-refractivity contribution >= 4 is 17.4 Å². The van der Waals surface area contributed by atoms with Gasteiger partial charge in [0.25, 0.3) is 0 Å². The van der Waals surface area contributed by atoms with Gasteiger partial charge in [0.05, 0.1) is 13.2 Å². The molecular weight excluding hydrogens is 256 g/mol. The molecule has 2 rings (SSSR count). The van der Waals surface area contributed by atoms with E-state index in [1.807, 2.05) is 0 Å². The zero-order chi connectivity index (χ0) is 14.0. The molecule has 0 aromatic heterocycles. The number of carbonyl (C=O) groups is 2. The number of benzene rings is 1. The molecule has 19 heavy (non-hydrogen) atoms. The lowest BCUT2D eigenvalue weighted by Crippen LogP contribution is -2.21. The lowest BCUT2D eigenvalue weighted by molar-refractivity contribution is -0.116. The Bertz CT molecular complexity index is 508. The highest BCUT2D eigenvalue weighted by Crippen LogP contribution is 2.24. The third kappa shape index (κ3) is 2.72. The zero-order valence-corrected chi connectivity index (χ0v) is 10.4. The number of hydrogen-bond acceptors (Lipinski definition) is 4. The second kappa shape index (κ2) is 5.34. The van der Waals surface area contributed by atoms with Crippen LogP contribution < -0.4 is 4.90 Å². The van der Waals surface area contributed by atoms with Gasteiger partial charge < -0.3 is 9.64 Å². The van der Waals surface area contributed by atoms with Gasteiger partial charge in [-0.15, -0.1) is 0 Å². The summed E-state index contributed by atoms with van der Waals surface area (Å²) < 4.78 is 32.2. The van der Waals surface area contributed by atoms with E-state index in [4.69, 9.17) is 0 Å². The molecule has 1 aromatic carbocycles. The quantitative estimate of drug-likeness (QED) is 0.786. The summed E-state index contributed by atoms with van der Waals surface area (Å²) in [6, 6.07) is 2.10. The Balaban J connectivity index is 2.31. The van der Waals surface area contributed by atoms with Crippen molar-refractivity contribution in [2.75, 3.05) is 24.6 Å². The first-order chi connectivity index (χ1) is 9.02. The van der Waals surface area contributed by atoms with E-state index in [0.717, 1.165) is 12.1 Å². The molecule has 1 fully saturated rings. The Kier molecular flexibility index (Phi) is 3.78. The first-order valence-electron chi connectivity index (χ1n) is 5.95. The van der Waals surface area contributed by atoms with Crippen molar-refractivity contribution in [3.63, 3.8) is 0 Å². The number of hydrogen-bond donors (Lipinski definition) is 0. The molecule has 0 aliphatic carbocycles. The maximum Gasteiger partial charge on any atom is 0.344 e. The number of carbonyl (C=O) groups excluding carboxylic acids is 2. The van der Waals surface area contributed by atoms with Crippen LogP contribution in [-0.2, 0) is 9.53 Å². The fourth-order valence-corrected chi connectivity index (χ4v) is 1.99. The van der Waals surface area contributed by atoms with Crippen molar-refractivity contribution in [3.8, 4) is 0 Å². The van der Waals surface area contributed by atoms with Gasteiger partial charge in [-0.05, 0) is 19.1 Å². The Labute approximate surface area is 109 Å². The molecule has 0 amide bonds. The first-order valence-corrected chi connectivity index (χ1v) is 5.95. The third-order valence-electron chi connectivity index (χ3n) is 2.90. The predicted octanol–water partition coefficient (Wildman–Crippen LogP) is 1.92. The molecule has 1 aliphatic rings. The summed E-state index contributed by atoms with van der Waals surface area (Å²) in [5, 5.41) is 0. The van der Waals surface area contributed by atoms with Crippen LogP contribution >= 0.6 is 0 Å². The number of ketones is 1. The van der Waals surface area contributed by atoms with E-state index in [1.165, 1.54) is 0 Å². The van der Waals surface area contributed by atoms with E-state index in [9.17, 15) is 18.4 Å². The summed E-state index contributed by atoms with van der Waals surface area (Å²) in [6.45, 7) is 2.16. The highest BCUT2D eigenvalue weighted by molar-refractivity contribution is 5.91. The molecule has 1 heterocycles. The summed E-state index contributed by atoms with van der Waals surface area (Å²) in [6.07, 6.45) is 0.364. The largest absolute Gasteiger partial charge is 0.462 e. The average molecular weight is 269 g/mol. The van der Waals surface area contributed by atoms with Gasteiger partial charge in [0.1, 0.15) is 17.2 Å². The molecule has 102 valence electrons. The summed E-state index contributed by atoms with van der Waals surface area (Å²) in [5.41, 5.74) is -0.440. The van der Waals surface area contributed by atoms with Gasteiger partial charge in [-0.2, -0.15) is 0 Å². The van der Waals surface area contributed by atoms with Crippen LogP contribution in [0.25, 0.3) is 0 Å². The predicted molar refractivity (Wildman–Crippen MR) is 64.2 cm³/mol. The SMILES string of the molecule is CCOC(=O)c1c(F)cc(N2CCC(=O)C2)cc1F. The molecule has 1 saturated heterocycles. The smallest absolute Gasteiger partial charge is 0.344 e. The summed E-state index contributed by atoms with van der Waals surface area (Å²) in [7, 11) is 0. The van der Waals surface area contributed by atoms with Crippen LogP contribution in [0.4, 0.5) is 14.5 Å². The van der Waals surface area contributed by atoms with Crippen molar-refractivity contribution in [2.24, 2.45) is 0 Å². The Morgan fingerprint density at radius 3 is 2.47 bits per heavy atom. The second-order valence-corrected chi connectivity index (χ2v) is 4.22. The minimum atomic E-state index is -1.03. The molecule has 0 unspecified atom stereocenters. The standard InChI is InChI=1S/C13H13F2NO3/c1-2-19-13(18)12-10(14)5-8(6-11(12)15)16-4-3-9(17)7-16/h5-6H,2-4,7H2,1H3. The van der Waals surface area contributed by atoms with E-state index in [0.29, 0.717) is 13.0 Å². The number of anilines is 1. The van der Waals surface area contributed by atoms with E-state index >= 15 is 0 Å². The van der Waals surface area contributed by atoms with E-state index in [1.54, 1.807) is 11.8 Å². The monoisotopic (exact) mass is 269 g/mol. The number of rotatable bonds is 3. The molecule has 0 bridgehead atoms. The highest BCUT2D eigenvalue weighted by atomic mass is 19.1. The average Bonchev–Trinajstić information content (AvgIpc) is 2.75. The third-order valence-corrected chi connectivity index (χ3v) is 2.90. The fourth-order valence-electron chi connectivity index (χ4n) is 1.99. The topological polar surface area (TPSA) is 46.6 Å². The summed E-state index contributed by atoms with van der Waals surface area (Å²) in [5.74, 6) is -2.96. The minimum Gasteiger partial charge on any atom is -0.462 e. The van der Waals surface area contributed by atoms with E-state index in [2.05, 4.69) is 4.74 Å². The van der Waals surface area contributed by atoms with Crippen molar-refractivity contribution < 1.29 is 23.1 Å². The van der Waals surface area contributed by atoms with Crippen LogP contribution in [-0.4, -0.2) is 31.4 Å². The van der Waals surface area contributed by atoms with Gasteiger partial charge in [0.2, 0.25) is 0 Å². The molecular formula is C13H13F2NO3. The maximum atomic E-state index is 13.8. The molecule has 0 N–H and O–H groups in total. The van der Waals surface area contributed by atoms with Crippen molar-refractivity contribution in [2.45, 2.75) is 13.3 Å². The Morgan fingerprint density at radius 1 is 1.37 bits per heavy atom. The van der Waals surface area contributed by atoms with Crippen LogP contribution in [0.2, 0.25) is 0 Å². The molecule has 0 atom stereocenters. The van der Waals surface area contributed by atoms with Gasteiger partial charge >= 0.3 is 5.97 Å². The van der Waals surface area contributed by atoms with Gasteiger partial charge in [-0.25, -0.2) is 13.6 Å². The van der Waals surface area contributed by atoms with Gasteiger partial charge in [0, 0.05) is 18.7 Å². The van der Waals surface area contributed by atoms with Crippen molar-refractivity contribution in [3.05, 3.63) is 29.3 Å². The van der Waals surface area contributed by atoms with Crippen LogP contribution in [0.1, 0.15) is 23.7 Å². The Morgan fingerprint density at radius 2 is 2.00 bits per heavy atom. The summed E-state index contributed by atoms with van der Waals surface area (Å²) in [4.78, 5) is 24.1. The van der Waals surface area contributed by atoms with E-state index < -0.39 is 23.2 Å². The van der Waals surface area contributed by atoms with Gasteiger partial charge in [-0.3, -0.25) is 4.79 Å². The second-order valence-electron chi connectivity index (χ2n) is 4.22. The lowest BCUT2D eigenvalue weighted by Gasteiger charge is -2.17. The number of ether oxygens (including phenoxy) is 1. The number of Topliss-reactive ketones (excluding diaryl/α,β-unsaturated/α-hetero) is 1. The maximum absolute atomic E-state index is 13.8. The van der Waals surface area contributed by atoms with Crippen LogP contribution in [0.3, 0.4) is 0 Å². The minimum absolute atomic E-state index is 0.0234. The van der Waals surface area contributed by atoms with Gasteiger partial charge in [0.15, 0.2) is 5.78 Å². The fraction of sp³-hybridized carbons (Fsp3) is 0.385. The van der Waals surface area contributed by atoms with E-state index in [-0.39, 0.29) is 24.6 Å². The zero-order valence-electron chi connectivity index (χ0n) is 10.4. The molecule has 0 radical (unpaired) electrons. The Hall–Kier alpha value is -1.98. The number of esters is 1. The lowest BCUT2D eigenvalue weighted by atomic mass is 10.1. The first kappa shape index (κ1) is 13.5. The van der Waals surface area contributed by atoms with Crippen LogP contribution in [0.15, 0.2) is 12.1 Å². The molecule has 6 heteroatoms. The molecule has 1 aliphatic heterocycles. The molecule has 4 nitrogen and oxygen atoms in total. The van der Waals surface area contributed by atoms with Crippen molar-refractivity contribution in [1.29, 1.82) is 0 Å². The molecule has 0 saturated carbocycles. The molecule has 0 spiro atoms. The number of nitrogens with zero attached hydrogens (tertiary/aromatic N) is 1. The van der Waals surface area contributed by atoms with Crippen LogP contribution in [0, 0.1) is 11.6 Å². The molecule has 1 aromatic rings. The van der Waals surface area contributed by atoms with Gasteiger partial charge in [-0.1, -0.05) is 0 Å². The van der Waals surface area contributed by atoms with Crippen molar-refractivity contribution in [1.82, 2.24) is 0 Å². The highest BCUT2D eigenvalue weighted by Gasteiger charge is 2.24. The summed E-state index contributed by atoms with van der Waals surface area (Å²) >= 11 is 0. The van der Waals surface area contributed by atoms with Crippen LogP contribution in [0.5, 0.6) is 0 Å².